The van der Waals surface area contributed by atoms with Crippen molar-refractivity contribution in [1.29, 1.82) is 0 Å². The molecule has 0 bridgehead atoms. The summed E-state index contributed by atoms with van der Waals surface area (Å²) in [6, 6.07) is 7.91. The summed E-state index contributed by atoms with van der Waals surface area (Å²) in [6.45, 7) is 4.18. The van der Waals surface area contributed by atoms with E-state index >= 15 is 0 Å². The standard InChI is InChI=1S/C11H12N2OS/c1-3-13(8(2)14)11-12-9-6-4-5-7-10(9)15-11/h4-7H,3H2,1-2H3. The Morgan fingerprint density at radius 3 is 2.80 bits per heavy atom. The maximum Gasteiger partial charge on any atom is 0.225 e. The summed E-state index contributed by atoms with van der Waals surface area (Å²) in [5.74, 6) is 0.0385. The number of hydrogen-bond donors (Lipinski definition) is 0. The minimum absolute atomic E-state index is 0.0385. The molecule has 0 unspecified atom stereocenters. The summed E-state index contributed by atoms with van der Waals surface area (Å²) in [5.41, 5.74) is 0.956. The lowest BCUT2D eigenvalue weighted by Crippen LogP contribution is -2.27. The minimum atomic E-state index is 0.0385. The Bertz CT molecular complexity index is 459. The normalized spacial score (nSPS) is 10.5. The van der Waals surface area contributed by atoms with Crippen LogP contribution in [0.5, 0.6) is 0 Å². The minimum Gasteiger partial charge on any atom is -0.289 e. The van der Waals surface area contributed by atoms with Gasteiger partial charge in [0.2, 0.25) is 5.91 Å². The number of benzene rings is 1. The zero-order chi connectivity index (χ0) is 10.8. The van der Waals surface area contributed by atoms with Crippen LogP contribution >= 0.6 is 11.3 Å². The zero-order valence-corrected chi connectivity index (χ0v) is 9.54. The highest BCUT2D eigenvalue weighted by Gasteiger charge is 2.13. The van der Waals surface area contributed by atoms with Crippen LogP contribution < -0.4 is 4.90 Å². The lowest BCUT2D eigenvalue weighted by Gasteiger charge is -2.14. The van der Waals surface area contributed by atoms with Crippen molar-refractivity contribution in [2.45, 2.75) is 13.8 Å². The fraction of sp³-hybridized carbons (Fsp3) is 0.273. The Hall–Kier alpha value is -1.42. The average Bonchev–Trinajstić information content (AvgIpc) is 2.61. The summed E-state index contributed by atoms with van der Waals surface area (Å²) in [5, 5.41) is 0.784. The molecule has 0 aliphatic heterocycles. The van der Waals surface area contributed by atoms with Crippen molar-refractivity contribution in [3.8, 4) is 0 Å². The van der Waals surface area contributed by atoms with E-state index in [4.69, 9.17) is 0 Å². The van der Waals surface area contributed by atoms with Gasteiger partial charge in [0.25, 0.3) is 0 Å². The predicted molar refractivity (Wildman–Crippen MR) is 63.3 cm³/mol. The Kier molecular flexibility index (Phi) is 2.68. The molecule has 0 N–H and O–H groups in total. The Morgan fingerprint density at radius 1 is 1.47 bits per heavy atom. The zero-order valence-electron chi connectivity index (χ0n) is 8.73. The van der Waals surface area contributed by atoms with E-state index < -0.39 is 0 Å². The smallest absolute Gasteiger partial charge is 0.225 e. The molecular formula is C11H12N2OS. The second-order valence-corrected chi connectivity index (χ2v) is 4.24. The van der Waals surface area contributed by atoms with E-state index in [1.807, 2.05) is 31.2 Å². The highest BCUT2D eigenvalue weighted by Crippen LogP contribution is 2.28. The van der Waals surface area contributed by atoms with Gasteiger partial charge in [-0.3, -0.25) is 9.69 Å². The van der Waals surface area contributed by atoms with Crippen LogP contribution in [-0.4, -0.2) is 17.4 Å². The molecule has 1 amide bonds. The van der Waals surface area contributed by atoms with E-state index in [9.17, 15) is 4.79 Å². The third-order valence-electron chi connectivity index (χ3n) is 2.21. The van der Waals surface area contributed by atoms with E-state index in [-0.39, 0.29) is 5.91 Å². The molecule has 0 spiro atoms. The molecule has 0 saturated heterocycles. The van der Waals surface area contributed by atoms with Crippen molar-refractivity contribution in [2.75, 3.05) is 11.4 Å². The third-order valence-corrected chi connectivity index (χ3v) is 3.27. The molecular weight excluding hydrogens is 208 g/mol. The van der Waals surface area contributed by atoms with Crippen LogP contribution in [0.1, 0.15) is 13.8 Å². The number of aromatic nitrogens is 1. The summed E-state index contributed by atoms with van der Waals surface area (Å²) >= 11 is 1.55. The largest absolute Gasteiger partial charge is 0.289 e. The summed E-state index contributed by atoms with van der Waals surface area (Å²) in [7, 11) is 0. The lowest BCUT2D eigenvalue weighted by atomic mass is 10.3. The number of anilines is 1. The maximum atomic E-state index is 11.3. The number of fused-ring (bicyclic) bond motifs is 1. The predicted octanol–water partition coefficient (Wildman–Crippen LogP) is 2.67. The topological polar surface area (TPSA) is 33.2 Å². The van der Waals surface area contributed by atoms with E-state index in [1.54, 1.807) is 23.2 Å². The van der Waals surface area contributed by atoms with E-state index in [0.717, 1.165) is 15.3 Å². The summed E-state index contributed by atoms with van der Waals surface area (Å²) < 4.78 is 1.12. The Morgan fingerprint density at radius 2 is 2.20 bits per heavy atom. The highest BCUT2D eigenvalue weighted by molar-refractivity contribution is 7.22. The van der Waals surface area contributed by atoms with Gasteiger partial charge >= 0.3 is 0 Å². The van der Waals surface area contributed by atoms with Gasteiger partial charge in [0, 0.05) is 13.5 Å². The first-order valence-electron chi connectivity index (χ1n) is 4.86. The van der Waals surface area contributed by atoms with Crippen molar-refractivity contribution in [1.82, 2.24) is 4.98 Å². The van der Waals surface area contributed by atoms with Gasteiger partial charge in [0.1, 0.15) is 0 Å². The molecule has 3 nitrogen and oxygen atoms in total. The molecule has 0 atom stereocenters. The van der Waals surface area contributed by atoms with Crippen LogP contribution in [0.2, 0.25) is 0 Å². The monoisotopic (exact) mass is 220 g/mol. The number of nitrogens with zero attached hydrogens (tertiary/aromatic N) is 2. The van der Waals surface area contributed by atoms with Gasteiger partial charge in [0.05, 0.1) is 10.2 Å². The van der Waals surface area contributed by atoms with Crippen LogP contribution in [0.15, 0.2) is 24.3 Å². The number of carbonyl (C=O) groups excluding carboxylic acids is 1. The Balaban J connectivity index is 2.47. The van der Waals surface area contributed by atoms with Gasteiger partial charge in [-0.2, -0.15) is 0 Å². The number of thiazole rings is 1. The number of hydrogen-bond acceptors (Lipinski definition) is 3. The first-order valence-corrected chi connectivity index (χ1v) is 5.67. The van der Waals surface area contributed by atoms with Crippen LogP contribution in [0.25, 0.3) is 10.2 Å². The average molecular weight is 220 g/mol. The van der Waals surface area contributed by atoms with E-state index in [2.05, 4.69) is 4.98 Å². The van der Waals surface area contributed by atoms with Gasteiger partial charge in [-0.15, -0.1) is 0 Å². The summed E-state index contributed by atoms with van der Waals surface area (Å²) in [4.78, 5) is 17.5. The van der Waals surface area contributed by atoms with Crippen LogP contribution in [-0.2, 0) is 4.79 Å². The van der Waals surface area contributed by atoms with E-state index in [1.165, 1.54) is 0 Å². The molecule has 15 heavy (non-hydrogen) atoms. The SMILES string of the molecule is CCN(C(C)=O)c1nc2ccccc2s1. The van der Waals surface area contributed by atoms with Gasteiger partial charge in [0.15, 0.2) is 5.13 Å². The van der Waals surface area contributed by atoms with Gasteiger partial charge < -0.3 is 0 Å². The molecule has 0 fully saturated rings. The molecule has 2 aromatic rings. The molecule has 0 saturated carbocycles. The first-order chi connectivity index (χ1) is 7.22. The van der Waals surface area contributed by atoms with Crippen molar-refractivity contribution in [2.24, 2.45) is 0 Å². The number of amides is 1. The lowest BCUT2D eigenvalue weighted by molar-refractivity contribution is -0.116. The molecule has 1 aromatic heterocycles. The second-order valence-electron chi connectivity index (χ2n) is 3.23. The Labute approximate surface area is 92.4 Å². The van der Waals surface area contributed by atoms with Crippen molar-refractivity contribution < 1.29 is 4.79 Å². The third kappa shape index (κ3) is 1.85. The van der Waals surface area contributed by atoms with Crippen molar-refractivity contribution in [3.05, 3.63) is 24.3 Å². The van der Waals surface area contributed by atoms with Gasteiger partial charge in [-0.1, -0.05) is 23.5 Å². The van der Waals surface area contributed by atoms with Gasteiger partial charge in [-0.25, -0.2) is 4.98 Å². The highest BCUT2D eigenvalue weighted by atomic mass is 32.1. The summed E-state index contributed by atoms with van der Waals surface area (Å²) in [6.07, 6.45) is 0. The quantitative estimate of drug-likeness (QED) is 0.779. The fourth-order valence-electron chi connectivity index (χ4n) is 1.47. The fourth-order valence-corrected chi connectivity index (χ4v) is 2.54. The van der Waals surface area contributed by atoms with Crippen LogP contribution in [0, 0.1) is 0 Å². The molecule has 0 aliphatic rings. The number of para-hydroxylation sites is 1. The number of rotatable bonds is 2. The molecule has 1 heterocycles. The maximum absolute atomic E-state index is 11.3. The van der Waals surface area contributed by atoms with Crippen LogP contribution in [0.3, 0.4) is 0 Å². The van der Waals surface area contributed by atoms with Gasteiger partial charge in [-0.05, 0) is 19.1 Å². The molecule has 1 aromatic carbocycles. The molecule has 78 valence electrons. The van der Waals surface area contributed by atoms with E-state index in [0.29, 0.717) is 6.54 Å². The van der Waals surface area contributed by atoms with Crippen molar-refractivity contribution in [3.63, 3.8) is 0 Å². The second kappa shape index (κ2) is 3.98. The molecule has 0 radical (unpaired) electrons. The molecule has 4 heteroatoms. The van der Waals surface area contributed by atoms with Crippen molar-refractivity contribution >= 4 is 32.6 Å². The molecule has 2 rings (SSSR count). The number of carbonyl (C=O) groups is 1. The molecule has 0 aliphatic carbocycles. The first kappa shape index (κ1) is 10.1. The van der Waals surface area contributed by atoms with Crippen LogP contribution in [0.4, 0.5) is 5.13 Å².